The van der Waals surface area contributed by atoms with Gasteiger partial charge in [-0.25, -0.2) is 13.1 Å². The molecule has 1 unspecified atom stereocenters. The largest absolute Gasteiger partial charge is 0.497 e. The first-order chi connectivity index (χ1) is 13.5. The molecule has 1 amide bonds. The number of amides is 1. The number of ether oxygens (including phenoxy) is 2. The van der Waals surface area contributed by atoms with Crippen LogP contribution in [0.25, 0.3) is 0 Å². The number of methoxy groups -OCH3 is 1. The summed E-state index contributed by atoms with van der Waals surface area (Å²) in [5.41, 5.74) is 0.122. The van der Waals surface area contributed by atoms with Crippen LogP contribution in [0.1, 0.15) is 45.7 Å². The Morgan fingerprint density at radius 1 is 1.34 bits per heavy atom. The van der Waals surface area contributed by atoms with Gasteiger partial charge in [0.05, 0.1) is 13.2 Å². The minimum atomic E-state index is -3.96. The second-order valence-corrected chi connectivity index (χ2v) is 10.5. The summed E-state index contributed by atoms with van der Waals surface area (Å²) in [5.74, 6) is 0.682. The Labute approximate surface area is 173 Å². The number of hydrogen-bond acceptors (Lipinski definition) is 8. The van der Waals surface area contributed by atoms with Crippen LogP contribution in [0.3, 0.4) is 0 Å². The van der Waals surface area contributed by atoms with Crippen molar-refractivity contribution in [3.63, 3.8) is 0 Å². The van der Waals surface area contributed by atoms with Crippen molar-refractivity contribution in [3.05, 3.63) is 23.8 Å². The summed E-state index contributed by atoms with van der Waals surface area (Å²) in [6.07, 6.45) is 0.419. The van der Waals surface area contributed by atoms with Crippen molar-refractivity contribution in [2.45, 2.75) is 50.1 Å². The zero-order chi connectivity index (χ0) is 21.4. The van der Waals surface area contributed by atoms with Crippen LogP contribution in [0.4, 0.5) is 5.13 Å². The molecule has 1 aliphatic heterocycles. The number of aromatic nitrogens is 2. The van der Waals surface area contributed by atoms with Crippen molar-refractivity contribution in [1.82, 2.24) is 14.9 Å². The Bertz CT molecular complexity index is 1020. The van der Waals surface area contributed by atoms with E-state index in [0.29, 0.717) is 23.5 Å². The van der Waals surface area contributed by atoms with E-state index in [1.807, 2.05) is 13.8 Å². The molecule has 158 valence electrons. The molecule has 2 heterocycles. The van der Waals surface area contributed by atoms with Gasteiger partial charge in [0.1, 0.15) is 17.1 Å². The lowest BCUT2D eigenvalue weighted by Gasteiger charge is -2.37. The number of carbonyl (C=O) groups is 1. The highest BCUT2D eigenvalue weighted by molar-refractivity contribution is 7.91. The van der Waals surface area contributed by atoms with Gasteiger partial charge < -0.3 is 14.8 Å². The highest BCUT2D eigenvalue weighted by atomic mass is 32.2. The Hall–Kier alpha value is -2.24. The molecule has 0 radical (unpaired) electrons. The molecule has 29 heavy (non-hydrogen) atoms. The summed E-state index contributed by atoms with van der Waals surface area (Å²) in [5, 5.41) is 10.2. The standard InChI is InChI=1S/C18H24N4O5S2/c1-10(2)15(23)19-16-20-21-17(28-16)29(24,25)22-13-9-18(3,4)27-14-7-6-11(26-5)8-12(13)14/h6-8,10,13,22H,9H2,1-5H3,(H,19,20,23). The average molecular weight is 441 g/mol. The Kier molecular flexibility index (Phi) is 5.84. The number of benzene rings is 1. The van der Waals surface area contributed by atoms with Gasteiger partial charge in [0.25, 0.3) is 10.0 Å². The van der Waals surface area contributed by atoms with E-state index in [0.717, 1.165) is 11.3 Å². The predicted octanol–water partition coefficient (Wildman–Crippen LogP) is 2.72. The maximum Gasteiger partial charge on any atom is 0.270 e. The zero-order valence-corrected chi connectivity index (χ0v) is 18.5. The normalized spacial score (nSPS) is 18.1. The molecule has 0 bridgehead atoms. The van der Waals surface area contributed by atoms with Gasteiger partial charge in [-0.3, -0.25) is 4.79 Å². The smallest absolute Gasteiger partial charge is 0.270 e. The van der Waals surface area contributed by atoms with Crippen molar-refractivity contribution in [2.75, 3.05) is 12.4 Å². The topological polar surface area (TPSA) is 120 Å². The van der Waals surface area contributed by atoms with E-state index < -0.39 is 21.7 Å². The fourth-order valence-corrected chi connectivity index (χ4v) is 5.06. The number of nitrogens with zero attached hydrogens (tertiary/aromatic N) is 2. The van der Waals surface area contributed by atoms with Crippen LogP contribution < -0.4 is 19.5 Å². The van der Waals surface area contributed by atoms with Gasteiger partial charge in [0.2, 0.25) is 15.4 Å². The van der Waals surface area contributed by atoms with E-state index in [1.165, 1.54) is 0 Å². The van der Waals surface area contributed by atoms with Gasteiger partial charge in [-0.05, 0) is 32.0 Å². The first kappa shape index (κ1) is 21.5. The monoisotopic (exact) mass is 440 g/mol. The molecule has 1 aliphatic rings. The van der Waals surface area contributed by atoms with Gasteiger partial charge >= 0.3 is 0 Å². The molecule has 2 N–H and O–H groups in total. The van der Waals surface area contributed by atoms with Crippen LogP contribution in [-0.4, -0.2) is 37.2 Å². The molecule has 0 fully saturated rings. The Balaban J connectivity index is 1.87. The Morgan fingerprint density at radius 2 is 2.07 bits per heavy atom. The molecule has 1 atom stereocenters. The summed E-state index contributed by atoms with van der Waals surface area (Å²) >= 11 is 0.802. The lowest BCUT2D eigenvalue weighted by atomic mass is 9.90. The number of carbonyl (C=O) groups excluding carboxylic acids is 1. The van der Waals surface area contributed by atoms with Gasteiger partial charge in [-0.2, -0.15) is 0 Å². The van der Waals surface area contributed by atoms with Crippen LogP contribution in [0.2, 0.25) is 0 Å². The summed E-state index contributed by atoms with van der Waals surface area (Å²) in [7, 11) is -2.42. The van der Waals surface area contributed by atoms with Crippen LogP contribution in [-0.2, 0) is 14.8 Å². The van der Waals surface area contributed by atoms with E-state index in [-0.39, 0.29) is 21.3 Å². The highest BCUT2D eigenvalue weighted by Gasteiger charge is 2.37. The molecule has 11 heteroatoms. The number of sulfonamides is 1. The van der Waals surface area contributed by atoms with E-state index in [4.69, 9.17) is 9.47 Å². The molecule has 0 saturated carbocycles. The first-order valence-electron chi connectivity index (χ1n) is 9.04. The molecule has 1 aromatic carbocycles. The molecular formula is C18H24N4O5S2. The molecule has 0 saturated heterocycles. The van der Waals surface area contributed by atoms with Crippen LogP contribution >= 0.6 is 11.3 Å². The van der Waals surface area contributed by atoms with E-state index in [2.05, 4.69) is 20.2 Å². The molecule has 1 aromatic heterocycles. The van der Waals surface area contributed by atoms with Gasteiger partial charge in [0.15, 0.2) is 0 Å². The average Bonchev–Trinajstić information content (AvgIpc) is 3.09. The number of rotatable bonds is 6. The summed E-state index contributed by atoms with van der Waals surface area (Å²) in [4.78, 5) is 11.8. The fraction of sp³-hybridized carbons (Fsp3) is 0.500. The van der Waals surface area contributed by atoms with E-state index >= 15 is 0 Å². The minimum Gasteiger partial charge on any atom is -0.497 e. The lowest BCUT2D eigenvalue weighted by molar-refractivity contribution is -0.118. The van der Waals surface area contributed by atoms with Crippen LogP contribution in [0, 0.1) is 5.92 Å². The predicted molar refractivity (Wildman–Crippen MR) is 109 cm³/mol. The molecular weight excluding hydrogens is 416 g/mol. The second-order valence-electron chi connectivity index (χ2n) is 7.66. The molecule has 0 spiro atoms. The first-order valence-corrected chi connectivity index (χ1v) is 11.3. The quantitative estimate of drug-likeness (QED) is 0.663. The highest BCUT2D eigenvalue weighted by Crippen LogP contribution is 2.41. The third-order valence-electron chi connectivity index (χ3n) is 4.36. The van der Waals surface area contributed by atoms with Crippen LogP contribution in [0.15, 0.2) is 22.5 Å². The van der Waals surface area contributed by atoms with E-state index in [1.54, 1.807) is 39.2 Å². The zero-order valence-electron chi connectivity index (χ0n) is 16.8. The van der Waals surface area contributed by atoms with Crippen molar-refractivity contribution >= 4 is 32.4 Å². The minimum absolute atomic E-state index is 0.137. The molecule has 9 nitrogen and oxygen atoms in total. The number of fused-ring (bicyclic) bond motifs is 1. The van der Waals surface area contributed by atoms with Gasteiger partial charge in [-0.1, -0.05) is 25.2 Å². The summed E-state index contributed by atoms with van der Waals surface area (Å²) < 4.78 is 39.6. The molecule has 0 aliphatic carbocycles. The summed E-state index contributed by atoms with van der Waals surface area (Å²) in [6.45, 7) is 7.25. The summed E-state index contributed by atoms with van der Waals surface area (Å²) in [6, 6.07) is 4.75. The van der Waals surface area contributed by atoms with Crippen molar-refractivity contribution in [2.24, 2.45) is 5.92 Å². The second kappa shape index (κ2) is 7.88. The third-order valence-corrected chi connectivity index (χ3v) is 7.04. The third kappa shape index (κ3) is 4.85. The maximum absolute atomic E-state index is 12.9. The maximum atomic E-state index is 12.9. The number of nitrogens with one attached hydrogen (secondary N) is 2. The van der Waals surface area contributed by atoms with Gasteiger partial charge in [-0.15, -0.1) is 10.2 Å². The van der Waals surface area contributed by atoms with Crippen LogP contribution in [0.5, 0.6) is 11.5 Å². The molecule has 3 rings (SSSR count). The van der Waals surface area contributed by atoms with Gasteiger partial charge in [0, 0.05) is 17.9 Å². The van der Waals surface area contributed by atoms with Crippen molar-refractivity contribution in [1.29, 1.82) is 0 Å². The van der Waals surface area contributed by atoms with Crippen molar-refractivity contribution < 1.29 is 22.7 Å². The number of hydrogen-bond donors (Lipinski definition) is 2. The fourth-order valence-electron chi connectivity index (χ4n) is 2.92. The SMILES string of the molecule is COc1ccc2c(c1)C(NS(=O)(=O)c1nnc(NC(=O)C(C)C)s1)CC(C)(C)O2. The Morgan fingerprint density at radius 3 is 2.72 bits per heavy atom. The van der Waals surface area contributed by atoms with E-state index in [9.17, 15) is 13.2 Å². The van der Waals surface area contributed by atoms with Crippen molar-refractivity contribution in [3.8, 4) is 11.5 Å². The number of anilines is 1. The molecule has 2 aromatic rings. The lowest BCUT2D eigenvalue weighted by Crippen LogP contribution is -2.41.